The molecule has 1 N–H and O–H groups in total. The zero-order chi connectivity index (χ0) is 19.1. The molecule has 0 radical (unpaired) electrons. The van der Waals surface area contributed by atoms with Gasteiger partial charge in [0.15, 0.2) is 11.2 Å². The monoisotopic (exact) mass is 368 g/mol. The molecule has 1 fully saturated rings. The molecule has 0 unspecified atom stereocenters. The third-order valence-corrected chi connectivity index (χ3v) is 5.25. The Morgan fingerprint density at radius 3 is 2.48 bits per heavy atom. The van der Waals surface area contributed by atoms with Crippen LogP contribution in [0.4, 0.5) is 5.95 Å². The van der Waals surface area contributed by atoms with Gasteiger partial charge in [0, 0.05) is 40.3 Å². The predicted molar refractivity (Wildman–Crippen MR) is 106 cm³/mol. The van der Waals surface area contributed by atoms with Gasteiger partial charge in [-0.05, 0) is 18.1 Å². The molecule has 1 aromatic carbocycles. The maximum Gasteiger partial charge on any atom is 0.332 e. The molecule has 0 bridgehead atoms. The fourth-order valence-corrected chi connectivity index (χ4v) is 3.72. The Balaban J connectivity index is 2.13. The van der Waals surface area contributed by atoms with E-state index in [2.05, 4.69) is 23.2 Å². The topological polar surface area (TPSA) is 77.1 Å². The lowest BCUT2D eigenvalue weighted by Crippen LogP contribution is -2.44. The van der Waals surface area contributed by atoms with Gasteiger partial charge in [0.25, 0.3) is 5.56 Å². The molecule has 0 spiro atoms. The Kier molecular flexibility index (Phi) is 4.35. The Morgan fingerprint density at radius 1 is 1.07 bits per heavy atom. The third-order valence-electron chi connectivity index (χ3n) is 5.25. The fraction of sp³-hybridized carbons (Fsp3) is 0.421. The zero-order valence-electron chi connectivity index (χ0n) is 15.9. The lowest BCUT2D eigenvalue weighted by Gasteiger charge is -2.29. The number of nitrogens with one attached hydrogen (secondary N) is 1. The Morgan fingerprint density at radius 2 is 1.78 bits per heavy atom. The number of aryl methyl sites for hydroxylation is 2. The lowest BCUT2D eigenvalue weighted by molar-refractivity contribution is 0.578. The summed E-state index contributed by atoms with van der Waals surface area (Å²) in [6.45, 7) is 5.40. The maximum absolute atomic E-state index is 13.0. The number of hydrogen-bond donors (Lipinski definition) is 1. The largest absolute Gasteiger partial charge is 0.339 e. The molecule has 0 amide bonds. The van der Waals surface area contributed by atoms with E-state index in [0.717, 1.165) is 48.4 Å². The molecule has 0 saturated carbocycles. The molecule has 3 aromatic rings. The van der Waals surface area contributed by atoms with E-state index in [-0.39, 0.29) is 11.2 Å². The molecule has 1 aliphatic rings. The zero-order valence-corrected chi connectivity index (χ0v) is 15.9. The quantitative estimate of drug-likeness (QED) is 0.724. The number of anilines is 1. The number of benzene rings is 1. The van der Waals surface area contributed by atoms with E-state index < -0.39 is 0 Å². The first kappa shape index (κ1) is 17.5. The van der Waals surface area contributed by atoms with E-state index >= 15 is 0 Å². The van der Waals surface area contributed by atoms with Crippen LogP contribution in [0, 0.1) is 0 Å². The van der Waals surface area contributed by atoms with Crippen molar-refractivity contribution in [2.24, 2.45) is 14.1 Å². The number of aromatic nitrogens is 4. The summed E-state index contributed by atoms with van der Waals surface area (Å²) in [5.74, 6) is 0.714. The highest BCUT2D eigenvalue weighted by molar-refractivity contribution is 5.78. The van der Waals surface area contributed by atoms with Crippen LogP contribution < -0.4 is 21.5 Å². The molecule has 2 aromatic heterocycles. The highest BCUT2D eigenvalue weighted by atomic mass is 16.2. The Labute approximate surface area is 156 Å². The number of imidazole rings is 1. The van der Waals surface area contributed by atoms with E-state index in [1.807, 2.05) is 22.8 Å². The average Bonchev–Trinajstić information content (AvgIpc) is 3.12. The molecule has 1 aliphatic heterocycles. The molecule has 4 rings (SSSR count). The number of rotatable bonds is 3. The van der Waals surface area contributed by atoms with Gasteiger partial charge >= 0.3 is 5.69 Å². The minimum absolute atomic E-state index is 0.326. The minimum atomic E-state index is -0.368. The lowest BCUT2D eigenvalue weighted by atomic mass is 10.1. The van der Waals surface area contributed by atoms with Gasteiger partial charge in [-0.3, -0.25) is 18.5 Å². The summed E-state index contributed by atoms with van der Waals surface area (Å²) in [6.07, 6.45) is 0.836. The van der Waals surface area contributed by atoms with Crippen molar-refractivity contribution in [2.45, 2.75) is 13.3 Å². The second-order valence-corrected chi connectivity index (χ2v) is 6.84. The van der Waals surface area contributed by atoms with Crippen molar-refractivity contribution in [3.05, 3.63) is 50.7 Å². The summed E-state index contributed by atoms with van der Waals surface area (Å²) < 4.78 is 4.53. The van der Waals surface area contributed by atoms with Gasteiger partial charge in [-0.2, -0.15) is 4.98 Å². The molecule has 1 saturated heterocycles. The maximum atomic E-state index is 13.0. The van der Waals surface area contributed by atoms with Gasteiger partial charge in [-0.15, -0.1) is 0 Å². The average molecular weight is 368 g/mol. The van der Waals surface area contributed by atoms with Crippen LogP contribution in [0.2, 0.25) is 0 Å². The van der Waals surface area contributed by atoms with Crippen molar-refractivity contribution in [3.63, 3.8) is 0 Å². The van der Waals surface area contributed by atoms with Crippen LogP contribution in [0.15, 0.2) is 33.9 Å². The van der Waals surface area contributed by atoms with Gasteiger partial charge in [-0.1, -0.05) is 25.1 Å². The number of hydrogen-bond acceptors (Lipinski definition) is 5. The van der Waals surface area contributed by atoms with E-state index in [1.54, 1.807) is 7.05 Å². The standard InChI is InChI=1S/C19H24N6O2/c1-4-13-7-5-6-8-14(13)25-15-16(22(2)19(27)23(3)17(15)26)21-18(25)24-11-9-20-10-12-24/h5-8,20H,4,9-12H2,1-3H3. The Hall–Kier alpha value is -2.87. The molecule has 0 aliphatic carbocycles. The normalized spacial score (nSPS) is 14.9. The van der Waals surface area contributed by atoms with Crippen molar-refractivity contribution < 1.29 is 0 Å². The first-order chi connectivity index (χ1) is 13.0. The van der Waals surface area contributed by atoms with Crippen molar-refractivity contribution >= 4 is 17.1 Å². The summed E-state index contributed by atoms with van der Waals surface area (Å²) in [6, 6.07) is 8.04. The van der Waals surface area contributed by atoms with Gasteiger partial charge < -0.3 is 10.2 Å². The summed E-state index contributed by atoms with van der Waals surface area (Å²) in [4.78, 5) is 32.4. The number of para-hydroxylation sites is 1. The van der Waals surface area contributed by atoms with Crippen molar-refractivity contribution in [3.8, 4) is 5.69 Å². The number of piperazine rings is 1. The van der Waals surface area contributed by atoms with Gasteiger partial charge in [0.05, 0.1) is 5.69 Å². The SMILES string of the molecule is CCc1ccccc1-n1c(N2CCNCC2)nc2c1c(=O)n(C)c(=O)n2C. The third kappa shape index (κ3) is 2.68. The van der Waals surface area contributed by atoms with Crippen LogP contribution in [-0.2, 0) is 20.5 Å². The number of fused-ring (bicyclic) bond motifs is 1. The Bertz CT molecular complexity index is 1120. The summed E-state index contributed by atoms with van der Waals surface area (Å²) >= 11 is 0. The molecule has 3 heterocycles. The van der Waals surface area contributed by atoms with Crippen LogP contribution in [0.1, 0.15) is 12.5 Å². The fourth-order valence-electron chi connectivity index (χ4n) is 3.72. The summed E-state index contributed by atoms with van der Waals surface area (Å²) in [5.41, 5.74) is 2.23. The van der Waals surface area contributed by atoms with Crippen molar-refractivity contribution in [1.82, 2.24) is 24.0 Å². The van der Waals surface area contributed by atoms with Gasteiger partial charge in [0.2, 0.25) is 5.95 Å². The van der Waals surface area contributed by atoms with Crippen LogP contribution in [0.25, 0.3) is 16.9 Å². The van der Waals surface area contributed by atoms with Crippen LogP contribution in [-0.4, -0.2) is 44.9 Å². The van der Waals surface area contributed by atoms with Crippen LogP contribution >= 0.6 is 0 Å². The smallest absolute Gasteiger partial charge is 0.332 e. The van der Waals surface area contributed by atoms with Crippen molar-refractivity contribution in [1.29, 1.82) is 0 Å². The minimum Gasteiger partial charge on any atom is -0.339 e. The van der Waals surface area contributed by atoms with Crippen LogP contribution in [0.5, 0.6) is 0 Å². The molecular formula is C19H24N6O2. The van der Waals surface area contributed by atoms with Gasteiger partial charge in [-0.25, -0.2) is 4.79 Å². The summed E-state index contributed by atoms with van der Waals surface area (Å²) in [7, 11) is 3.17. The molecular weight excluding hydrogens is 344 g/mol. The van der Waals surface area contributed by atoms with E-state index in [9.17, 15) is 9.59 Å². The van der Waals surface area contributed by atoms with E-state index in [0.29, 0.717) is 17.1 Å². The molecule has 8 nitrogen and oxygen atoms in total. The molecule has 27 heavy (non-hydrogen) atoms. The van der Waals surface area contributed by atoms with E-state index in [4.69, 9.17) is 4.98 Å². The second kappa shape index (κ2) is 6.70. The van der Waals surface area contributed by atoms with Gasteiger partial charge in [0.1, 0.15) is 0 Å². The summed E-state index contributed by atoms with van der Waals surface area (Å²) in [5, 5.41) is 3.34. The predicted octanol–water partition coefficient (Wildman–Crippen LogP) is 0.395. The highest BCUT2D eigenvalue weighted by Crippen LogP contribution is 2.27. The van der Waals surface area contributed by atoms with Crippen LogP contribution in [0.3, 0.4) is 0 Å². The first-order valence-corrected chi connectivity index (χ1v) is 9.27. The highest BCUT2D eigenvalue weighted by Gasteiger charge is 2.25. The number of nitrogens with zero attached hydrogens (tertiary/aromatic N) is 5. The van der Waals surface area contributed by atoms with E-state index in [1.165, 1.54) is 11.6 Å². The van der Waals surface area contributed by atoms with Crippen molar-refractivity contribution in [2.75, 3.05) is 31.1 Å². The molecule has 8 heteroatoms. The molecule has 142 valence electrons. The molecule has 0 atom stereocenters. The second-order valence-electron chi connectivity index (χ2n) is 6.84. The first-order valence-electron chi connectivity index (χ1n) is 9.27.